The van der Waals surface area contributed by atoms with Gasteiger partial charge in [-0.15, -0.1) is 0 Å². The molecule has 4 heteroatoms. The first-order chi connectivity index (χ1) is 7.52. The van der Waals surface area contributed by atoms with Crippen LogP contribution in [0.15, 0.2) is 18.2 Å². The fourth-order valence-electron chi connectivity index (χ4n) is 1.28. The van der Waals surface area contributed by atoms with E-state index in [1.165, 1.54) is 6.07 Å². The van der Waals surface area contributed by atoms with E-state index in [0.29, 0.717) is 12.1 Å². The van der Waals surface area contributed by atoms with Crippen molar-refractivity contribution in [2.45, 2.75) is 32.7 Å². The van der Waals surface area contributed by atoms with Crippen molar-refractivity contribution >= 4 is 11.6 Å². The van der Waals surface area contributed by atoms with Gasteiger partial charge < -0.3 is 16.2 Å². The van der Waals surface area contributed by atoms with Crippen molar-refractivity contribution < 1.29 is 9.90 Å². The Bertz CT molecular complexity index is 377. The molecule has 0 aliphatic rings. The first-order valence-electron chi connectivity index (χ1n) is 5.38. The van der Waals surface area contributed by atoms with Crippen LogP contribution in [-0.4, -0.2) is 17.1 Å². The van der Waals surface area contributed by atoms with Crippen LogP contribution in [-0.2, 0) is 4.79 Å². The molecule has 0 saturated heterocycles. The zero-order chi connectivity index (χ0) is 12.1. The van der Waals surface area contributed by atoms with Crippen LogP contribution >= 0.6 is 0 Å². The number of hydrogen-bond acceptors (Lipinski definition) is 3. The largest absolute Gasteiger partial charge is 0.508 e. The van der Waals surface area contributed by atoms with Gasteiger partial charge in [-0.1, -0.05) is 13.0 Å². The van der Waals surface area contributed by atoms with E-state index in [2.05, 4.69) is 5.32 Å². The smallest absolute Gasteiger partial charge is 0.225 e. The zero-order valence-electron chi connectivity index (χ0n) is 9.66. The molecule has 88 valence electrons. The van der Waals surface area contributed by atoms with Crippen molar-refractivity contribution in [3.05, 3.63) is 23.8 Å². The molecule has 0 aliphatic heterocycles. The van der Waals surface area contributed by atoms with Crippen LogP contribution in [0.3, 0.4) is 0 Å². The minimum Gasteiger partial charge on any atom is -0.508 e. The Hall–Kier alpha value is -1.55. The number of hydrogen-bond donors (Lipinski definition) is 3. The van der Waals surface area contributed by atoms with Gasteiger partial charge in [0.05, 0.1) is 0 Å². The monoisotopic (exact) mass is 222 g/mol. The number of amides is 1. The molecule has 1 aromatic carbocycles. The Morgan fingerprint density at radius 2 is 2.25 bits per heavy atom. The van der Waals surface area contributed by atoms with E-state index in [1.807, 2.05) is 6.92 Å². The molecule has 4 nitrogen and oxygen atoms in total. The van der Waals surface area contributed by atoms with Gasteiger partial charge in [0.25, 0.3) is 0 Å². The van der Waals surface area contributed by atoms with Gasteiger partial charge >= 0.3 is 0 Å². The first kappa shape index (κ1) is 12.5. The third-order valence-corrected chi connectivity index (χ3v) is 2.46. The Morgan fingerprint density at radius 3 is 2.81 bits per heavy atom. The van der Waals surface area contributed by atoms with Crippen molar-refractivity contribution in [3.63, 3.8) is 0 Å². The predicted molar refractivity (Wildman–Crippen MR) is 64.4 cm³/mol. The lowest BCUT2D eigenvalue weighted by Crippen LogP contribution is -2.26. The van der Waals surface area contributed by atoms with E-state index in [4.69, 9.17) is 5.73 Å². The van der Waals surface area contributed by atoms with Gasteiger partial charge in [-0.3, -0.25) is 4.79 Å². The van der Waals surface area contributed by atoms with Crippen LogP contribution in [0.1, 0.15) is 25.3 Å². The highest BCUT2D eigenvalue weighted by atomic mass is 16.3. The van der Waals surface area contributed by atoms with Crippen molar-refractivity contribution in [3.8, 4) is 5.75 Å². The number of carbonyl (C=O) groups is 1. The van der Waals surface area contributed by atoms with Gasteiger partial charge in [0.1, 0.15) is 5.75 Å². The second kappa shape index (κ2) is 5.51. The topological polar surface area (TPSA) is 75.4 Å². The first-order valence-corrected chi connectivity index (χ1v) is 5.38. The van der Waals surface area contributed by atoms with Crippen LogP contribution in [0.5, 0.6) is 5.75 Å². The maximum Gasteiger partial charge on any atom is 0.225 e. The van der Waals surface area contributed by atoms with Crippen molar-refractivity contribution in [1.82, 2.24) is 0 Å². The van der Waals surface area contributed by atoms with Gasteiger partial charge in [0, 0.05) is 24.2 Å². The van der Waals surface area contributed by atoms with E-state index >= 15 is 0 Å². The van der Waals surface area contributed by atoms with Crippen molar-refractivity contribution in [1.29, 1.82) is 0 Å². The lowest BCUT2D eigenvalue weighted by Gasteiger charge is -2.10. The Labute approximate surface area is 95.5 Å². The summed E-state index contributed by atoms with van der Waals surface area (Å²) in [6.07, 6.45) is 1.07. The number of anilines is 1. The molecular weight excluding hydrogens is 204 g/mol. The average molecular weight is 222 g/mol. The normalized spacial score (nSPS) is 12.2. The highest BCUT2D eigenvalue weighted by Crippen LogP contribution is 2.20. The summed E-state index contributed by atoms with van der Waals surface area (Å²) in [5.74, 6) is 0.0511. The average Bonchev–Trinajstić information content (AvgIpc) is 2.23. The minimum atomic E-state index is -0.127. The summed E-state index contributed by atoms with van der Waals surface area (Å²) >= 11 is 0. The third-order valence-electron chi connectivity index (χ3n) is 2.46. The number of rotatable bonds is 4. The molecule has 0 spiro atoms. The molecule has 1 atom stereocenters. The lowest BCUT2D eigenvalue weighted by molar-refractivity contribution is -0.116. The predicted octanol–water partition coefficient (Wildman–Crippen LogP) is 1.77. The summed E-state index contributed by atoms with van der Waals surface area (Å²) in [6.45, 7) is 3.74. The summed E-state index contributed by atoms with van der Waals surface area (Å²) in [6, 6.07) is 4.93. The van der Waals surface area contributed by atoms with Crippen LogP contribution < -0.4 is 11.1 Å². The molecule has 1 aromatic rings. The number of aryl methyl sites for hydroxylation is 1. The molecule has 0 aromatic heterocycles. The summed E-state index contributed by atoms with van der Waals surface area (Å²) in [4.78, 5) is 11.5. The maximum atomic E-state index is 11.5. The highest BCUT2D eigenvalue weighted by molar-refractivity contribution is 5.91. The van der Waals surface area contributed by atoms with Gasteiger partial charge in [-0.25, -0.2) is 0 Å². The molecule has 1 amide bonds. The molecule has 0 radical (unpaired) electrons. The number of benzene rings is 1. The number of nitrogens with two attached hydrogens (primary N) is 1. The van der Waals surface area contributed by atoms with Gasteiger partial charge in [0.2, 0.25) is 5.91 Å². The molecule has 0 saturated carbocycles. The molecule has 4 N–H and O–H groups in total. The number of carbonyl (C=O) groups excluding carboxylic acids is 1. The fourth-order valence-corrected chi connectivity index (χ4v) is 1.28. The number of phenols is 1. The number of nitrogens with one attached hydrogen (secondary N) is 1. The SMILES string of the molecule is CCC(N)CC(=O)Nc1ccc(C)c(O)c1. The van der Waals surface area contributed by atoms with Crippen LogP contribution in [0.2, 0.25) is 0 Å². The van der Waals surface area contributed by atoms with Crippen LogP contribution in [0, 0.1) is 6.92 Å². The molecule has 0 bridgehead atoms. The molecule has 1 unspecified atom stereocenters. The Kier molecular flexibility index (Phi) is 4.31. The molecule has 0 aliphatic carbocycles. The van der Waals surface area contributed by atoms with Crippen molar-refractivity contribution in [2.24, 2.45) is 5.73 Å². The molecule has 1 rings (SSSR count). The zero-order valence-corrected chi connectivity index (χ0v) is 9.66. The summed E-state index contributed by atoms with van der Waals surface area (Å²) in [5.41, 5.74) is 7.05. The summed E-state index contributed by atoms with van der Waals surface area (Å²) in [5, 5.41) is 12.2. The molecular formula is C12H18N2O2. The second-order valence-electron chi connectivity index (χ2n) is 3.92. The number of phenolic OH excluding ortho intramolecular Hbond substituents is 1. The van der Waals surface area contributed by atoms with E-state index in [1.54, 1.807) is 19.1 Å². The van der Waals surface area contributed by atoms with Crippen molar-refractivity contribution in [2.75, 3.05) is 5.32 Å². The van der Waals surface area contributed by atoms with Gasteiger partial charge in [-0.05, 0) is 25.0 Å². The second-order valence-corrected chi connectivity index (χ2v) is 3.92. The number of aromatic hydroxyl groups is 1. The highest BCUT2D eigenvalue weighted by Gasteiger charge is 2.08. The minimum absolute atomic E-state index is 0.112. The van der Waals surface area contributed by atoms with Crippen LogP contribution in [0.25, 0.3) is 0 Å². The van der Waals surface area contributed by atoms with Gasteiger partial charge in [0.15, 0.2) is 0 Å². The fraction of sp³-hybridized carbons (Fsp3) is 0.417. The molecule has 0 fully saturated rings. The molecule has 0 heterocycles. The summed E-state index contributed by atoms with van der Waals surface area (Å²) < 4.78 is 0. The maximum absolute atomic E-state index is 11.5. The molecule has 16 heavy (non-hydrogen) atoms. The van der Waals surface area contributed by atoms with E-state index in [9.17, 15) is 9.90 Å². The quantitative estimate of drug-likeness (QED) is 0.726. The van der Waals surface area contributed by atoms with Gasteiger partial charge in [-0.2, -0.15) is 0 Å². The Balaban J connectivity index is 2.59. The van der Waals surface area contributed by atoms with E-state index < -0.39 is 0 Å². The van der Waals surface area contributed by atoms with E-state index in [-0.39, 0.29) is 17.7 Å². The van der Waals surface area contributed by atoms with E-state index in [0.717, 1.165) is 12.0 Å². The Morgan fingerprint density at radius 1 is 1.56 bits per heavy atom. The standard InChI is InChI=1S/C12H18N2O2/c1-3-9(13)6-12(16)14-10-5-4-8(2)11(15)7-10/h4-5,7,9,15H,3,6,13H2,1-2H3,(H,14,16). The van der Waals surface area contributed by atoms with Crippen LogP contribution in [0.4, 0.5) is 5.69 Å². The lowest BCUT2D eigenvalue weighted by atomic mass is 10.1. The summed E-state index contributed by atoms with van der Waals surface area (Å²) in [7, 11) is 0. The third kappa shape index (κ3) is 3.55.